The van der Waals surface area contributed by atoms with Crippen molar-refractivity contribution in [3.05, 3.63) is 0 Å². The molecule has 106 valence electrons. The minimum atomic E-state index is -0.834. The van der Waals surface area contributed by atoms with Crippen LogP contribution in [0.1, 0.15) is 19.8 Å². The fraction of sp³-hybridized carbons (Fsp3) is 0.917. The van der Waals surface area contributed by atoms with E-state index in [0.717, 1.165) is 25.9 Å². The summed E-state index contributed by atoms with van der Waals surface area (Å²) < 4.78 is 0. The number of aliphatic hydroxyl groups is 1. The molecule has 1 rings (SSSR count). The molecule has 1 aliphatic rings. The molecule has 0 bridgehead atoms. The van der Waals surface area contributed by atoms with Crippen LogP contribution in [0.4, 0.5) is 0 Å². The van der Waals surface area contributed by atoms with Crippen LogP contribution in [0.2, 0.25) is 0 Å². The first-order chi connectivity index (χ1) is 8.43. The molecule has 0 aromatic heterocycles. The molecule has 1 amide bonds. The Morgan fingerprint density at radius 1 is 1.56 bits per heavy atom. The van der Waals surface area contributed by atoms with E-state index < -0.39 is 5.60 Å². The summed E-state index contributed by atoms with van der Waals surface area (Å²) >= 11 is 1.57. The minimum Gasteiger partial charge on any atom is -0.387 e. The van der Waals surface area contributed by atoms with Gasteiger partial charge in [-0.15, -0.1) is 0 Å². The summed E-state index contributed by atoms with van der Waals surface area (Å²) in [5, 5.41) is 12.7. The number of likely N-dealkylation sites (tertiary alicyclic amines) is 1. The van der Waals surface area contributed by atoms with E-state index in [4.69, 9.17) is 5.73 Å². The largest absolute Gasteiger partial charge is 0.387 e. The van der Waals surface area contributed by atoms with Gasteiger partial charge in [-0.25, -0.2) is 0 Å². The average molecular weight is 275 g/mol. The molecule has 0 saturated carbocycles. The van der Waals surface area contributed by atoms with Gasteiger partial charge in [0.15, 0.2) is 0 Å². The number of thioether (sulfide) groups is 1. The Kier molecular flexibility index (Phi) is 6.42. The number of hydrogen-bond acceptors (Lipinski definition) is 5. The highest BCUT2D eigenvalue weighted by Gasteiger charge is 2.22. The van der Waals surface area contributed by atoms with Crippen molar-refractivity contribution in [1.29, 1.82) is 0 Å². The van der Waals surface area contributed by atoms with Crippen molar-refractivity contribution in [2.24, 2.45) is 5.73 Å². The zero-order chi connectivity index (χ0) is 13.6. The molecule has 0 radical (unpaired) electrons. The lowest BCUT2D eigenvalue weighted by Gasteiger charge is -2.30. The summed E-state index contributed by atoms with van der Waals surface area (Å²) in [5.74, 6) is 0.595. The van der Waals surface area contributed by atoms with E-state index in [1.807, 2.05) is 6.26 Å². The third-order valence-electron chi connectivity index (χ3n) is 3.12. The number of hydrogen-bond donors (Lipinski definition) is 3. The molecule has 0 aromatic rings. The van der Waals surface area contributed by atoms with E-state index in [1.54, 1.807) is 18.7 Å². The monoisotopic (exact) mass is 275 g/mol. The Bertz CT molecular complexity index is 266. The van der Waals surface area contributed by atoms with Crippen molar-refractivity contribution in [3.8, 4) is 0 Å². The van der Waals surface area contributed by atoms with E-state index >= 15 is 0 Å². The molecule has 6 heteroatoms. The van der Waals surface area contributed by atoms with Crippen LogP contribution >= 0.6 is 11.8 Å². The molecule has 1 fully saturated rings. The molecule has 5 nitrogen and oxygen atoms in total. The number of amides is 1. The summed E-state index contributed by atoms with van der Waals surface area (Å²) in [6, 6.07) is 0.284. The number of nitrogens with one attached hydrogen (secondary N) is 1. The molecule has 18 heavy (non-hydrogen) atoms. The van der Waals surface area contributed by atoms with Gasteiger partial charge in [-0.3, -0.25) is 9.69 Å². The second-order valence-corrected chi connectivity index (χ2v) is 6.19. The van der Waals surface area contributed by atoms with E-state index in [-0.39, 0.29) is 11.9 Å². The first kappa shape index (κ1) is 15.8. The topological polar surface area (TPSA) is 78.6 Å². The zero-order valence-corrected chi connectivity index (χ0v) is 12.1. The van der Waals surface area contributed by atoms with Crippen LogP contribution in [-0.4, -0.2) is 65.7 Å². The molecular weight excluding hydrogens is 250 g/mol. The molecule has 1 saturated heterocycles. The van der Waals surface area contributed by atoms with Gasteiger partial charge in [0.05, 0.1) is 12.1 Å². The molecule has 1 atom stereocenters. The Morgan fingerprint density at radius 3 is 2.72 bits per heavy atom. The van der Waals surface area contributed by atoms with Gasteiger partial charge in [0, 0.05) is 31.4 Å². The van der Waals surface area contributed by atoms with Crippen LogP contribution in [0.25, 0.3) is 0 Å². The van der Waals surface area contributed by atoms with Gasteiger partial charge >= 0.3 is 0 Å². The first-order valence-corrected chi connectivity index (χ1v) is 7.78. The second kappa shape index (κ2) is 7.33. The molecule has 0 aromatic carbocycles. The standard InChI is InChI=1S/C12H25N3O2S/c1-12(17,9-18-2)8-14-11(16)7-15-5-3-10(13)4-6-15/h10,17H,3-9,13H2,1-2H3,(H,14,16). The van der Waals surface area contributed by atoms with Gasteiger partial charge < -0.3 is 16.2 Å². The lowest BCUT2D eigenvalue weighted by atomic mass is 10.1. The van der Waals surface area contributed by atoms with Crippen LogP contribution in [0, 0.1) is 0 Å². The third-order valence-corrected chi connectivity index (χ3v) is 4.03. The summed E-state index contributed by atoms with van der Waals surface area (Å²) in [6.45, 7) is 4.22. The SMILES string of the molecule is CSCC(C)(O)CNC(=O)CN1CCC(N)CC1. The van der Waals surface area contributed by atoms with Crippen molar-refractivity contribution < 1.29 is 9.90 Å². The molecule has 0 spiro atoms. The van der Waals surface area contributed by atoms with Gasteiger partial charge in [0.2, 0.25) is 5.91 Å². The number of nitrogens with two attached hydrogens (primary N) is 1. The van der Waals surface area contributed by atoms with Gasteiger partial charge in [0.25, 0.3) is 0 Å². The van der Waals surface area contributed by atoms with E-state index in [2.05, 4.69) is 10.2 Å². The Labute approximate surface area is 113 Å². The quantitative estimate of drug-likeness (QED) is 0.617. The normalized spacial score (nSPS) is 21.6. The summed E-state index contributed by atoms with van der Waals surface area (Å²) in [6.07, 6.45) is 3.85. The van der Waals surface area contributed by atoms with Crippen LogP contribution < -0.4 is 11.1 Å². The van der Waals surface area contributed by atoms with Crippen molar-refractivity contribution >= 4 is 17.7 Å². The van der Waals surface area contributed by atoms with Gasteiger partial charge in [-0.05, 0) is 26.0 Å². The molecule has 0 aliphatic carbocycles. The van der Waals surface area contributed by atoms with Crippen molar-refractivity contribution in [3.63, 3.8) is 0 Å². The molecule has 1 unspecified atom stereocenters. The minimum absolute atomic E-state index is 0.0214. The number of nitrogens with zero attached hydrogens (tertiary/aromatic N) is 1. The fourth-order valence-electron chi connectivity index (χ4n) is 2.02. The smallest absolute Gasteiger partial charge is 0.234 e. The maximum atomic E-state index is 11.7. The predicted molar refractivity (Wildman–Crippen MR) is 75.7 cm³/mol. The van der Waals surface area contributed by atoms with E-state index in [0.29, 0.717) is 18.8 Å². The van der Waals surface area contributed by atoms with Crippen molar-refractivity contribution in [2.75, 3.05) is 38.2 Å². The van der Waals surface area contributed by atoms with Gasteiger partial charge in [0.1, 0.15) is 0 Å². The van der Waals surface area contributed by atoms with Crippen LogP contribution in [-0.2, 0) is 4.79 Å². The lowest BCUT2D eigenvalue weighted by Crippen LogP contribution is -2.48. The summed E-state index contributed by atoms with van der Waals surface area (Å²) in [5.41, 5.74) is 4.98. The van der Waals surface area contributed by atoms with Crippen LogP contribution in [0.3, 0.4) is 0 Å². The number of piperidine rings is 1. The molecule has 4 N–H and O–H groups in total. The summed E-state index contributed by atoms with van der Waals surface area (Å²) in [4.78, 5) is 13.9. The molecule has 1 aliphatic heterocycles. The Morgan fingerprint density at radius 2 is 2.17 bits per heavy atom. The highest BCUT2D eigenvalue weighted by molar-refractivity contribution is 7.98. The maximum Gasteiger partial charge on any atom is 0.234 e. The molecular formula is C12H25N3O2S. The van der Waals surface area contributed by atoms with Crippen LogP contribution in [0.5, 0.6) is 0 Å². The summed E-state index contributed by atoms with van der Waals surface area (Å²) in [7, 11) is 0. The van der Waals surface area contributed by atoms with E-state index in [9.17, 15) is 9.90 Å². The Balaban J connectivity index is 2.21. The number of rotatable bonds is 6. The van der Waals surface area contributed by atoms with Crippen molar-refractivity contribution in [1.82, 2.24) is 10.2 Å². The first-order valence-electron chi connectivity index (χ1n) is 6.39. The maximum absolute atomic E-state index is 11.7. The number of carbonyl (C=O) groups excluding carboxylic acids is 1. The predicted octanol–water partition coefficient (Wildman–Crippen LogP) is -0.360. The Hall–Kier alpha value is -0.300. The zero-order valence-electron chi connectivity index (χ0n) is 11.3. The van der Waals surface area contributed by atoms with Crippen LogP contribution in [0.15, 0.2) is 0 Å². The number of carbonyl (C=O) groups is 1. The van der Waals surface area contributed by atoms with E-state index in [1.165, 1.54) is 0 Å². The van der Waals surface area contributed by atoms with Gasteiger partial charge in [-0.1, -0.05) is 0 Å². The highest BCUT2D eigenvalue weighted by atomic mass is 32.2. The highest BCUT2D eigenvalue weighted by Crippen LogP contribution is 2.09. The fourth-order valence-corrected chi connectivity index (χ4v) is 2.74. The lowest BCUT2D eigenvalue weighted by molar-refractivity contribution is -0.123. The molecule has 1 heterocycles. The third kappa shape index (κ3) is 6.04. The average Bonchev–Trinajstić information content (AvgIpc) is 2.30. The van der Waals surface area contributed by atoms with Crippen molar-refractivity contribution in [2.45, 2.75) is 31.4 Å². The second-order valence-electron chi connectivity index (χ2n) is 5.32. The van der Waals surface area contributed by atoms with Gasteiger partial charge in [-0.2, -0.15) is 11.8 Å².